The Bertz CT molecular complexity index is 1130. The van der Waals surface area contributed by atoms with Crippen LogP contribution < -0.4 is 10.7 Å². The molecule has 0 unspecified atom stereocenters. The Morgan fingerprint density at radius 1 is 1.00 bits per heavy atom. The van der Waals surface area contributed by atoms with Crippen molar-refractivity contribution in [1.29, 1.82) is 0 Å². The van der Waals surface area contributed by atoms with Gasteiger partial charge in [0.05, 0.1) is 0 Å². The standard InChI is InChI=1S/C28H34ClN3O6/c1-19(2)25(30-27(36)37-18-21-9-7-6-8-10-21)26(35)31-32(17-24(34)38-28(3,4)5)23(33)16-13-20-11-14-22(29)15-12-20/h6-16,19,25H,17-18H2,1-5H3,(H,30,36)(H,31,35)/b16-13+/t25-/m0/s1. The number of carbonyl (C=O) groups excluding carboxylic acids is 4. The number of alkyl carbamates (subject to hydrolysis) is 1. The minimum Gasteiger partial charge on any atom is -0.459 e. The Kier molecular flexibility index (Phi) is 11.3. The van der Waals surface area contributed by atoms with Gasteiger partial charge in [-0.25, -0.2) is 9.80 Å². The Hall–Kier alpha value is -3.85. The third-order valence-corrected chi connectivity index (χ3v) is 5.19. The summed E-state index contributed by atoms with van der Waals surface area (Å²) in [5, 5.41) is 3.91. The van der Waals surface area contributed by atoms with Gasteiger partial charge in [0.25, 0.3) is 11.8 Å². The number of rotatable bonds is 9. The van der Waals surface area contributed by atoms with E-state index in [9.17, 15) is 19.2 Å². The van der Waals surface area contributed by atoms with Crippen molar-refractivity contribution in [3.63, 3.8) is 0 Å². The van der Waals surface area contributed by atoms with E-state index in [-0.39, 0.29) is 12.5 Å². The molecule has 0 radical (unpaired) electrons. The highest BCUT2D eigenvalue weighted by atomic mass is 35.5. The summed E-state index contributed by atoms with van der Waals surface area (Å²) in [5.41, 5.74) is 3.12. The van der Waals surface area contributed by atoms with Gasteiger partial charge in [-0.2, -0.15) is 0 Å². The predicted molar refractivity (Wildman–Crippen MR) is 145 cm³/mol. The largest absolute Gasteiger partial charge is 0.459 e. The van der Waals surface area contributed by atoms with Crippen molar-refractivity contribution < 1.29 is 28.7 Å². The molecule has 2 aromatic carbocycles. The number of hydrogen-bond acceptors (Lipinski definition) is 6. The molecular weight excluding hydrogens is 510 g/mol. The normalized spacial score (nSPS) is 12.1. The van der Waals surface area contributed by atoms with Crippen molar-refractivity contribution in [1.82, 2.24) is 15.8 Å². The van der Waals surface area contributed by atoms with Gasteiger partial charge >= 0.3 is 12.1 Å². The molecule has 0 aliphatic rings. The van der Waals surface area contributed by atoms with E-state index < -0.39 is 42.1 Å². The SMILES string of the molecule is CC(C)[C@H](NC(=O)OCc1ccccc1)C(=O)NN(CC(=O)OC(C)(C)C)C(=O)/C=C/c1ccc(Cl)cc1. The third kappa shape index (κ3) is 11.0. The van der Waals surface area contributed by atoms with Crippen LogP contribution in [-0.4, -0.2) is 47.1 Å². The molecule has 3 amide bonds. The Morgan fingerprint density at radius 3 is 2.21 bits per heavy atom. The number of nitrogens with zero attached hydrogens (tertiary/aromatic N) is 1. The fraction of sp³-hybridized carbons (Fsp3) is 0.357. The van der Waals surface area contributed by atoms with Gasteiger partial charge in [0.2, 0.25) is 0 Å². The van der Waals surface area contributed by atoms with Gasteiger partial charge in [0.15, 0.2) is 0 Å². The molecule has 2 aromatic rings. The van der Waals surface area contributed by atoms with E-state index in [1.165, 1.54) is 12.2 Å². The number of hydrazine groups is 1. The molecule has 0 aromatic heterocycles. The highest BCUT2D eigenvalue weighted by Crippen LogP contribution is 2.12. The van der Waals surface area contributed by atoms with Gasteiger partial charge in [-0.1, -0.05) is 67.9 Å². The zero-order valence-electron chi connectivity index (χ0n) is 22.2. The smallest absolute Gasteiger partial charge is 0.408 e. The van der Waals surface area contributed by atoms with E-state index >= 15 is 0 Å². The van der Waals surface area contributed by atoms with E-state index in [1.54, 1.807) is 71.0 Å². The Labute approximate surface area is 228 Å². The zero-order valence-corrected chi connectivity index (χ0v) is 23.0. The van der Waals surface area contributed by atoms with Gasteiger partial charge < -0.3 is 14.8 Å². The molecule has 1 atom stereocenters. The number of amides is 3. The van der Waals surface area contributed by atoms with E-state index in [1.807, 2.05) is 18.2 Å². The van der Waals surface area contributed by atoms with Crippen LogP contribution in [-0.2, 0) is 30.5 Å². The number of hydrogen-bond donors (Lipinski definition) is 2. The number of halogens is 1. The molecule has 204 valence electrons. The molecule has 0 bridgehead atoms. The van der Waals surface area contributed by atoms with Crippen LogP contribution in [0.15, 0.2) is 60.7 Å². The summed E-state index contributed by atoms with van der Waals surface area (Å²) in [6.07, 6.45) is 1.93. The molecule has 0 spiro atoms. The molecular formula is C28H34ClN3O6. The first-order valence-corrected chi connectivity index (χ1v) is 12.5. The fourth-order valence-electron chi connectivity index (χ4n) is 3.14. The van der Waals surface area contributed by atoms with Crippen molar-refractivity contribution in [2.24, 2.45) is 5.92 Å². The summed E-state index contributed by atoms with van der Waals surface area (Å²) in [4.78, 5) is 51.0. The van der Waals surface area contributed by atoms with Gasteiger partial charge in [0.1, 0.15) is 24.8 Å². The minimum absolute atomic E-state index is 0.0257. The third-order valence-electron chi connectivity index (χ3n) is 4.94. The van der Waals surface area contributed by atoms with Crippen molar-refractivity contribution in [3.05, 3.63) is 76.8 Å². The average Bonchev–Trinajstić information content (AvgIpc) is 2.84. The predicted octanol–water partition coefficient (Wildman–Crippen LogP) is 4.51. The lowest BCUT2D eigenvalue weighted by molar-refractivity contribution is -0.160. The quantitative estimate of drug-likeness (QED) is 0.273. The number of carbonyl (C=O) groups is 4. The highest BCUT2D eigenvalue weighted by Gasteiger charge is 2.29. The minimum atomic E-state index is -1.05. The second-order valence-corrected chi connectivity index (χ2v) is 10.2. The molecule has 0 saturated carbocycles. The lowest BCUT2D eigenvalue weighted by Gasteiger charge is -2.28. The van der Waals surface area contributed by atoms with Crippen LogP contribution in [0.1, 0.15) is 45.7 Å². The lowest BCUT2D eigenvalue weighted by Crippen LogP contribution is -2.57. The molecule has 0 aliphatic heterocycles. The maximum atomic E-state index is 13.1. The molecule has 2 rings (SSSR count). The van der Waals surface area contributed by atoms with Crippen LogP contribution >= 0.6 is 11.6 Å². The summed E-state index contributed by atoms with van der Waals surface area (Å²) in [6, 6.07) is 14.8. The number of nitrogens with one attached hydrogen (secondary N) is 2. The molecule has 0 saturated heterocycles. The molecule has 0 aliphatic carbocycles. The van der Waals surface area contributed by atoms with Gasteiger partial charge in [-0.05, 0) is 56.0 Å². The van der Waals surface area contributed by atoms with Crippen molar-refractivity contribution in [2.75, 3.05) is 6.54 Å². The maximum absolute atomic E-state index is 13.1. The van der Waals surface area contributed by atoms with Crippen LogP contribution in [0.25, 0.3) is 6.08 Å². The van der Waals surface area contributed by atoms with Crippen molar-refractivity contribution >= 4 is 41.6 Å². The second-order valence-electron chi connectivity index (χ2n) is 9.80. The first-order chi connectivity index (χ1) is 17.8. The van der Waals surface area contributed by atoms with E-state index in [0.29, 0.717) is 10.6 Å². The first-order valence-electron chi connectivity index (χ1n) is 12.1. The number of benzene rings is 2. The molecule has 0 heterocycles. The number of ether oxygens (including phenoxy) is 2. The van der Waals surface area contributed by atoms with Crippen LogP contribution in [0.2, 0.25) is 5.02 Å². The van der Waals surface area contributed by atoms with Crippen LogP contribution in [0.3, 0.4) is 0 Å². The summed E-state index contributed by atoms with van der Waals surface area (Å²) in [5.74, 6) is -2.45. The van der Waals surface area contributed by atoms with Crippen LogP contribution in [0.5, 0.6) is 0 Å². The maximum Gasteiger partial charge on any atom is 0.408 e. The Morgan fingerprint density at radius 2 is 1.63 bits per heavy atom. The molecule has 38 heavy (non-hydrogen) atoms. The molecule has 10 heteroatoms. The lowest BCUT2D eigenvalue weighted by atomic mass is 10.0. The van der Waals surface area contributed by atoms with Crippen molar-refractivity contribution in [3.8, 4) is 0 Å². The van der Waals surface area contributed by atoms with Gasteiger partial charge in [-0.3, -0.25) is 19.8 Å². The molecule has 2 N–H and O–H groups in total. The summed E-state index contributed by atoms with van der Waals surface area (Å²) in [7, 11) is 0. The summed E-state index contributed by atoms with van der Waals surface area (Å²) < 4.78 is 10.5. The topological polar surface area (TPSA) is 114 Å². The zero-order chi connectivity index (χ0) is 28.3. The van der Waals surface area contributed by atoms with Gasteiger partial charge in [-0.15, -0.1) is 0 Å². The van der Waals surface area contributed by atoms with Crippen LogP contribution in [0.4, 0.5) is 4.79 Å². The van der Waals surface area contributed by atoms with Crippen molar-refractivity contribution in [2.45, 2.75) is 52.9 Å². The molecule has 9 nitrogen and oxygen atoms in total. The summed E-state index contributed by atoms with van der Waals surface area (Å²) >= 11 is 5.90. The van der Waals surface area contributed by atoms with Crippen LogP contribution in [0, 0.1) is 5.92 Å². The molecule has 0 fully saturated rings. The summed E-state index contributed by atoms with van der Waals surface area (Å²) in [6.45, 7) is 8.00. The second kappa shape index (κ2) is 14.2. The Balaban J connectivity index is 2.13. The van der Waals surface area contributed by atoms with Gasteiger partial charge in [0, 0.05) is 11.1 Å². The average molecular weight is 544 g/mol. The fourth-order valence-corrected chi connectivity index (χ4v) is 3.26. The highest BCUT2D eigenvalue weighted by molar-refractivity contribution is 6.30. The van der Waals surface area contributed by atoms with E-state index in [2.05, 4.69) is 10.7 Å². The number of esters is 1. The first kappa shape index (κ1) is 30.4. The monoisotopic (exact) mass is 543 g/mol. The van der Waals surface area contributed by atoms with E-state index in [0.717, 1.165) is 10.6 Å². The van der Waals surface area contributed by atoms with E-state index in [4.69, 9.17) is 21.1 Å².